The number of ether oxygens (including phenoxy) is 1. The first-order valence-corrected chi connectivity index (χ1v) is 8.01. The highest BCUT2D eigenvalue weighted by Crippen LogP contribution is 2.25. The van der Waals surface area contributed by atoms with Crippen LogP contribution in [0.1, 0.15) is 22.5 Å². The van der Waals surface area contributed by atoms with E-state index in [-0.39, 0.29) is 18.9 Å². The number of amides is 1. The lowest BCUT2D eigenvalue weighted by Crippen LogP contribution is -2.49. The Hall–Kier alpha value is -2.18. The molecule has 1 aliphatic rings. The van der Waals surface area contributed by atoms with Crippen LogP contribution in [-0.4, -0.2) is 52.7 Å². The molecule has 1 saturated heterocycles. The van der Waals surface area contributed by atoms with Crippen LogP contribution in [0.4, 0.5) is 0 Å². The lowest BCUT2D eigenvalue weighted by molar-refractivity contribution is -0.139. The fourth-order valence-electron chi connectivity index (χ4n) is 2.95. The van der Waals surface area contributed by atoms with Gasteiger partial charge in [0.2, 0.25) is 0 Å². The van der Waals surface area contributed by atoms with Crippen LogP contribution in [0.5, 0.6) is 0 Å². The third-order valence-corrected chi connectivity index (χ3v) is 4.26. The topological polar surface area (TPSA) is 79.7 Å². The van der Waals surface area contributed by atoms with E-state index in [9.17, 15) is 9.59 Å². The molecule has 0 aliphatic carbocycles. The molecule has 1 aliphatic heterocycles. The van der Waals surface area contributed by atoms with Crippen LogP contribution < -0.4 is 0 Å². The highest BCUT2D eigenvalue weighted by Gasteiger charge is 2.30. The zero-order chi connectivity index (χ0) is 17.3. The third kappa shape index (κ3) is 3.34. The maximum Gasteiger partial charge on any atom is 0.305 e. The van der Waals surface area contributed by atoms with E-state index in [1.807, 2.05) is 6.92 Å². The molecule has 0 saturated carbocycles. The molecular weight excluding hydrogens is 332 g/mol. The van der Waals surface area contributed by atoms with Crippen LogP contribution in [0.3, 0.4) is 0 Å². The van der Waals surface area contributed by atoms with Crippen molar-refractivity contribution in [1.82, 2.24) is 9.88 Å². The van der Waals surface area contributed by atoms with Gasteiger partial charge in [0.25, 0.3) is 5.91 Å². The van der Waals surface area contributed by atoms with Crippen molar-refractivity contribution in [3.63, 3.8) is 0 Å². The van der Waals surface area contributed by atoms with E-state index >= 15 is 0 Å². The maximum absolute atomic E-state index is 13.1. The molecule has 2 aromatic rings. The number of pyridine rings is 1. The molecule has 2 heterocycles. The average molecular weight is 349 g/mol. The monoisotopic (exact) mass is 348 g/mol. The van der Waals surface area contributed by atoms with Crippen LogP contribution >= 0.6 is 11.6 Å². The molecule has 24 heavy (non-hydrogen) atoms. The quantitative estimate of drug-likeness (QED) is 0.921. The van der Waals surface area contributed by atoms with E-state index in [1.54, 1.807) is 29.2 Å². The number of nitrogens with zero attached hydrogens (tertiary/aromatic N) is 2. The molecule has 1 atom stereocenters. The molecule has 0 radical (unpaired) electrons. The number of carbonyl (C=O) groups is 2. The highest BCUT2D eigenvalue weighted by atomic mass is 35.5. The van der Waals surface area contributed by atoms with E-state index in [4.69, 9.17) is 21.4 Å². The summed E-state index contributed by atoms with van der Waals surface area (Å²) in [5.41, 5.74) is 1.89. The molecule has 1 aromatic carbocycles. The molecular formula is C17H17ClN2O4. The predicted octanol–water partition coefficient (Wildman–Crippen LogP) is 2.51. The number of aromatic nitrogens is 1. The van der Waals surface area contributed by atoms with Gasteiger partial charge in [-0.25, -0.2) is 0 Å². The number of rotatable bonds is 3. The standard InChI is InChI=1S/C17H17ClN2O4/c1-10-6-14(13-7-11(18)2-3-15(13)19-10)17(23)20-4-5-24-9-12(20)8-16(21)22/h2-3,6-7,12H,4-5,8-9H2,1H3,(H,21,22). The van der Waals surface area contributed by atoms with Crippen molar-refractivity contribution in [2.45, 2.75) is 19.4 Å². The molecule has 1 fully saturated rings. The van der Waals surface area contributed by atoms with Gasteiger partial charge in [-0.3, -0.25) is 14.6 Å². The Bertz CT molecular complexity index is 809. The number of benzene rings is 1. The van der Waals surface area contributed by atoms with Gasteiger partial charge in [0, 0.05) is 22.6 Å². The Balaban J connectivity index is 2.03. The van der Waals surface area contributed by atoms with E-state index in [2.05, 4.69) is 4.98 Å². The lowest BCUT2D eigenvalue weighted by atomic mass is 10.0. The Kier molecular flexibility index (Phi) is 4.69. The summed E-state index contributed by atoms with van der Waals surface area (Å²) in [4.78, 5) is 30.1. The minimum absolute atomic E-state index is 0.144. The van der Waals surface area contributed by atoms with Crippen molar-refractivity contribution in [3.05, 3.63) is 40.5 Å². The number of carboxylic acid groups (broad SMARTS) is 1. The van der Waals surface area contributed by atoms with E-state index in [0.29, 0.717) is 34.6 Å². The SMILES string of the molecule is Cc1cc(C(=O)N2CCOCC2CC(=O)O)c2cc(Cl)ccc2n1. The molecule has 0 spiro atoms. The van der Waals surface area contributed by atoms with E-state index in [1.165, 1.54) is 0 Å². The minimum atomic E-state index is -0.956. The van der Waals surface area contributed by atoms with Gasteiger partial charge < -0.3 is 14.7 Å². The second-order valence-corrected chi connectivity index (χ2v) is 6.23. The second-order valence-electron chi connectivity index (χ2n) is 5.80. The van der Waals surface area contributed by atoms with Crippen molar-refractivity contribution < 1.29 is 19.4 Å². The van der Waals surface area contributed by atoms with Crippen molar-refractivity contribution in [3.8, 4) is 0 Å². The number of hydrogen-bond donors (Lipinski definition) is 1. The number of carboxylic acids is 1. The summed E-state index contributed by atoms with van der Waals surface area (Å²) in [6, 6.07) is 6.45. The fourth-order valence-corrected chi connectivity index (χ4v) is 3.13. The summed E-state index contributed by atoms with van der Waals surface area (Å²) in [6.45, 7) is 2.80. The number of carbonyl (C=O) groups excluding carboxylic acids is 1. The molecule has 1 unspecified atom stereocenters. The predicted molar refractivity (Wildman–Crippen MR) is 89.4 cm³/mol. The smallest absolute Gasteiger partial charge is 0.305 e. The summed E-state index contributed by atoms with van der Waals surface area (Å²) >= 11 is 6.07. The van der Waals surface area contributed by atoms with Crippen LogP contribution in [-0.2, 0) is 9.53 Å². The zero-order valence-electron chi connectivity index (χ0n) is 13.2. The van der Waals surface area contributed by atoms with Crippen molar-refractivity contribution in [1.29, 1.82) is 0 Å². The molecule has 1 amide bonds. The van der Waals surface area contributed by atoms with Crippen molar-refractivity contribution in [2.75, 3.05) is 19.8 Å². The largest absolute Gasteiger partial charge is 0.481 e. The van der Waals surface area contributed by atoms with Gasteiger partial charge in [-0.2, -0.15) is 0 Å². The van der Waals surface area contributed by atoms with Crippen LogP contribution in [0, 0.1) is 6.92 Å². The van der Waals surface area contributed by atoms with Crippen LogP contribution in [0.2, 0.25) is 5.02 Å². The Labute approximate surface area is 144 Å². The number of halogens is 1. The van der Waals surface area contributed by atoms with Crippen molar-refractivity contribution in [2.24, 2.45) is 0 Å². The molecule has 3 rings (SSSR count). The van der Waals surface area contributed by atoms with Gasteiger partial charge in [-0.05, 0) is 31.2 Å². The van der Waals surface area contributed by atoms with E-state index < -0.39 is 12.0 Å². The summed E-state index contributed by atoms with van der Waals surface area (Å²) in [6.07, 6.45) is -0.144. The van der Waals surface area contributed by atoms with Crippen LogP contribution in [0.15, 0.2) is 24.3 Å². The molecule has 0 bridgehead atoms. The lowest BCUT2D eigenvalue weighted by Gasteiger charge is -2.35. The molecule has 1 N–H and O–H groups in total. The highest BCUT2D eigenvalue weighted by molar-refractivity contribution is 6.31. The normalized spacial score (nSPS) is 17.9. The third-order valence-electron chi connectivity index (χ3n) is 4.03. The molecule has 7 heteroatoms. The Morgan fingerprint density at radius 3 is 2.96 bits per heavy atom. The number of aryl methyl sites for hydroxylation is 1. The van der Waals surface area contributed by atoms with Gasteiger partial charge in [0.1, 0.15) is 0 Å². The Morgan fingerprint density at radius 1 is 1.42 bits per heavy atom. The number of hydrogen-bond acceptors (Lipinski definition) is 4. The summed E-state index contributed by atoms with van der Waals surface area (Å²) in [7, 11) is 0. The minimum Gasteiger partial charge on any atom is -0.481 e. The maximum atomic E-state index is 13.1. The fraction of sp³-hybridized carbons (Fsp3) is 0.353. The van der Waals surface area contributed by atoms with E-state index in [0.717, 1.165) is 5.69 Å². The first-order chi connectivity index (χ1) is 11.5. The van der Waals surface area contributed by atoms with Gasteiger partial charge >= 0.3 is 5.97 Å². The molecule has 6 nitrogen and oxygen atoms in total. The van der Waals surface area contributed by atoms with Crippen molar-refractivity contribution >= 4 is 34.4 Å². The van der Waals surface area contributed by atoms with Crippen LogP contribution in [0.25, 0.3) is 10.9 Å². The zero-order valence-corrected chi connectivity index (χ0v) is 13.9. The first-order valence-electron chi connectivity index (χ1n) is 7.63. The number of fused-ring (bicyclic) bond motifs is 1. The van der Waals surface area contributed by atoms with Gasteiger partial charge in [0.15, 0.2) is 0 Å². The second kappa shape index (κ2) is 6.75. The summed E-state index contributed by atoms with van der Waals surface area (Å²) < 4.78 is 5.34. The average Bonchev–Trinajstić information content (AvgIpc) is 2.54. The molecule has 1 aromatic heterocycles. The molecule has 126 valence electrons. The van der Waals surface area contributed by atoms with Gasteiger partial charge in [0.05, 0.1) is 36.8 Å². The first kappa shape index (κ1) is 16.7. The van der Waals surface area contributed by atoms with Gasteiger partial charge in [-0.15, -0.1) is 0 Å². The Morgan fingerprint density at radius 2 is 2.21 bits per heavy atom. The summed E-state index contributed by atoms with van der Waals surface area (Å²) in [5.74, 6) is -1.18. The number of morpholine rings is 1. The summed E-state index contributed by atoms with van der Waals surface area (Å²) in [5, 5.41) is 10.3. The van der Waals surface area contributed by atoms with Gasteiger partial charge in [-0.1, -0.05) is 11.6 Å². The number of aliphatic carboxylic acids is 1.